The molecule has 0 aromatic carbocycles. The van der Waals surface area contributed by atoms with Crippen LogP contribution in [0, 0.1) is 5.92 Å². The molecule has 2 nitrogen and oxygen atoms in total. The molecule has 0 spiro atoms. The van der Waals surface area contributed by atoms with Crippen molar-refractivity contribution in [2.24, 2.45) is 5.92 Å². The molecular weight excluding hydrogens is 186 g/mol. The molecule has 1 N–H and O–H groups in total. The minimum absolute atomic E-state index is 0.416. The van der Waals surface area contributed by atoms with Crippen LogP contribution < -0.4 is 5.32 Å². The zero-order valence-corrected chi connectivity index (χ0v) is 10.4. The van der Waals surface area contributed by atoms with E-state index in [-0.39, 0.29) is 0 Å². The number of likely N-dealkylation sites (N-methyl/N-ethyl adjacent to an activating group) is 1. The molecule has 1 aliphatic rings. The molecular formula is C13H25NO. The van der Waals surface area contributed by atoms with Gasteiger partial charge in [0.15, 0.2) is 0 Å². The van der Waals surface area contributed by atoms with Gasteiger partial charge in [0.1, 0.15) is 0 Å². The highest BCUT2D eigenvalue weighted by molar-refractivity contribution is 4.94. The van der Waals surface area contributed by atoms with Gasteiger partial charge < -0.3 is 10.1 Å². The molecule has 1 fully saturated rings. The van der Waals surface area contributed by atoms with E-state index >= 15 is 0 Å². The van der Waals surface area contributed by atoms with Gasteiger partial charge in [0.25, 0.3) is 0 Å². The van der Waals surface area contributed by atoms with Crippen LogP contribution in [0.25, 0.3) is 0 Å². The van der Waals surface area contributed by atoms with E-state index in [1.807, 2.05) is 7.05 Å². The molecule has 2 heteroatoms. The Kier molecular flexibility index (Phi) is 5.34. The fraction of sp³-hybridized carbons (Fsp3) is 0.846. The number of rotatable bonds is 8. The Hall–Kier alpha value is -0.340. The summed E-state index contributed by atoms with van der Waals surface area (Å²) in [5.41, 5.74) is 1.27. The quantitative estimate of drug-likeness (QED) is 0.623. The van der Waals surface area contributed by atoms with E-state index in [0.717, 1.165) is 25.4 Å². The Labute approximate surface area is 94.1 Å². The van der Waals surface area contributed by atoms with Gasteiger partial charge in [-0.25, -0.2) is 0 Å². The second-order valence-corrected chi connectivity index (χ2v) is 4.65. The van der Waals surface area contributed by atoms with Gasteiger partial charge in [0, 0.05) is 12.6 Å². The average molecular weight is 211 g/mol. The molecule has 0 radical (unpaired) electrons. The topological polar surface area (TPSA) is 21.3 Å². The summed E-state index contributed by atoms with van der Waals surface area (Å²) >= 11 is 0. The Balaban J connectivity index is 2.41. The van der Waals surface area contributed by atoms with Crippen molar-refractivity contribution >= 4 is 0 Å². The second kappa shape index (κ2) is 6.29. The number of nitrogens with one attached hydrogen (secondary N) is 1. The van der Waals surface area contributed by atoms with Crippen LogP contribution in [0.15, 0.2) is 12.2 Å². The molecule has 0 heterocycles. The maximum absolute atomic E-state index is 5.86. The lowest BCUT2D eigenvalue weighted by molar-refractivity contribution is 0.0190. The van der Waals surface area contributed by atoms with Crippen molar-refractivity contribution in [2.45, 2.75) is 51.7 Å². The molecule has 0 aliphatic heterocycles. The average Bonchev–Trinajstić information content (AvgIpc) is 3.00. The molecule has 1 saturated carbocycles. The van der Waals surface area contributed by atoms with Gasteiger partial charge in [-0.2, -0.15) is 0 Å². The number of hydrogen-bond donors (Lipinski definition) is 1. The zero-order chi connectivity index (χ0) is 11.3. The molecule has 2 atom stereocenters. The molecule has 88 valence electrons. The molecule has 15 heavy (non-hydrogen) atoms. The largest absolute Gasteiger partial charge is 0.377 e. The Morgan fingerprint density at radius 3 is 2.60 bits per heavy atom. The fourth-order valence-corrected chi connectivity index (χ4v) is 2.07. The first-order valence-electron chi connectivity index (χ1n) is 6.12. The Bertz CT molecular complexity index is 199. The molecule has 1 aliphatic carbocycles. The van der Waals surface area contributed by atoms with Crippen LogP contribution in [-0.4, -0.2) is 25.8 Å². The summed E-state index contributed by atoms with van der Waals surface area (Å²) in [5, 5.41) is 3.40. The van der Waals surface area contributed by atoms with E-state index in [9.17, 15) is 0 Å². The molecule has 0 saturated heterocycles. The highest BCUT2D eigenvalue weighted by Crippen LogP contribution is 2.36. The smallest absolute Gasteiger partial charge is 0.0755 e. The van der Waals surface area contributed by atoms with Crippen LogP contribution in [0.1, 0.15) is 39.5 Å². The molecule has 0 bridgehead atoms. The standard InChI is InChI=1S/C13H25NO/c1-5-15-13(11-7-8-11)12(14-4)9-6-10(2)3/h11-14H,2,5-9H2,1,3-4H3. The van der Waals surface area contributed by atoms with E-state index in [1.54, 1.807) is 0 Å². The Morgan fingerprint density at radius 2 is 2.20 bits per heavy atom. The zero-order valence-electron chi connectivity index (χ0n) is 10.4. The summed E-state index contributed by atoms with van der Waals surface area (Å²) in [7, 11) is 2.04. The van der Waals surface area contributed by atoms with Crippen molar-refractivity contribution in [1.82, 2.24) is 5.32 Å². The van der Waals surface area contributed by atoms with Crippen LogP contribution in [0.4, 0.5) is 0 Å². The van der Waals surface area contributed by atoms with Crippen molar-refractivity contribution in [3.8, 4) is 0 Å². The van der Waals surface area contributed by atoms with Gasteiger partial charge in [-0.1, -0.05) is 5.57 Å². The van der Waals surface area contributed by atoms with Crippen molar-refractivity contribution in [3.63, 3.8) is 0 Å². The van der Waals surface area contributed by atoms with Crippen molar-refractivity contribution < 1.29 is 4.74 Å². The molecule has 0 amide bonds. The van der Waals surface area contributed by atoms with Gasteiger partial charge in [-0.15, -0.1) is 6.58 Å². The molecule has 1 rings (SSSR count). The van der Waals surface area contributed by atoms with Crippen LogP contribution in [0.3, 0.4) is 0 Å². The summed E-state index contributed by atoms with van der Waals surface area (Å²) in [6, 6.07) is 0.495. The van der Waals surface area contributed by atoms with Crippen molar-refractivity contribution in [2.75, 3.05) is 13.7 Å². The predicted octanol–water partition coefficient (Wildman–Crippen LogP) is 2.75. The van der Waals surface area contributed by atoms with Gasteiger partial charge >= 0.3 is 0 Å². The fourth-order valence-electron chi connectivity index (χ4n) is 2.07. The Morgan fingerprint density at radius 1 is 1.53 bits per heavy atom. The van der Waals surface area contributed by atoms with Gasteiger partial charge in [0.2, 0.25) is 0 Å². The lowest BCUT2D eigenvalue weighted by Gasteiger charge is -2.27. The summed E-state index contributed by atoms with van der Waals surface area (Å²) in [6.45, 7) is 8.97. The highest BCUT2D eigenvalue weighted by atomic mass is 16.5. The summed E-state index contributed by atoms with van der Waals surface area (Å²) in [4.78, 5) is 0. The van der Waals surface area contributed by atoms with E-state index in [2.05, 4.69) is 25.7 Å². The van der Waals surface area contributed by atoms with Crippen LogP contribution in [-0.2, 0) is 4.74 Å². The summed E-state index contributed by atoms with van der Waals surface area (Å²) < 4.78 is 5.86. The highest BCUT2D eigenvalue weighted by Gasteiger charge is 2.36. The maximum atomic E-state index is 5.86. The summed E-state index contributed by atoms with van der Waals surface area (Å²) in [6.07, 6.45) is 5.35. The van der Waals surface area contributed by atoms with Crippen molar-refractivity contribution in [1.29, 1.82) is 0 Å². The maximum Gasteiger partial charge on any atom is 0.0755 e. The predicted molar refractivity (Wildman–Crippen MR) is 65.0 cm³/mol. The van der Waals surface area contributed by atoms with E-state index < -0.39 is 0 Å². The monoisotopic (exact) mass is 211 g/mol. The third kappa shape index (κ3) is 4.35. The number of allylic oxidation sites excluding steroid dienone is 1. The molecule has 2 unspecified atom stereocenters. The first kappa shape index (κ1) is 12.7. The van der Waals surface area contributed by atoms with E-state index in [1.165, 1.54) is 18.4 Å². The lowest BCUT2D eigenvalue weighted by atomic mass is 9.99. The van der Waals surface area contributed by atoms with Gasteiger partial charge in [-0.3, -0.25) is 0 Å². The first-order valence-corrected chi connectivity index (χ1v) is 6.12. The number of ether oxygens (including phenoxy) is 1. The van der Waals surface area contributed by atoms with Crippen LogP contribution in [0.2, 0.25) is 0 Å². The minimum atomic E-state index is 0.416. The van der Waals surface area contributed by atoms with Crippen LogP contribution in [0.5, 0.6) is 0 Å². The summed E-state index contributed by atoms with van der Waals surface area (Å²) in [5.74, 6) is 0.799. The normalized spacial score (nSPS) is 19.9. The third-order valence-electron chi connectivity index (χ3n) is 3.10. The molecule has 0 aromatic heterocycles. The first-order chi connectivity index (χ1) is 7.19. The van der Waals surface area contributed by atoms with Crippen LogP contribution >= 0.6 is 0 Å². The minimum Gasteiger partial charge on any atom is -0.377 e. The van der Waals surface area contributed by atoms with Crippen molar-refractivity contribution in [3.05, 3.63) is 12.2 Å². The second-order valence-electron chi connectivity index (χ2n) is 4.65. The molecule has 0 aromatic rings. The third-order valence-corrected chi connectivity index (χ3v) is 3.10. The van der Waals surface area contributed by atoms with E-state index in [4.69, 9.17) is 4.74 Å². The van der Waals surface area contributed by atoms with E-state index in [0.29, 0.717) is 12.1 Å². The SMILES string of the molecule is C=C(C)CCC(NC)C(OCC)C1CC1. The number of hydrogen-bond acceptors (Lipinski definition) is 2. The lowest BCUT2D eigenvalue weighted by Crippen LogP contribution is -2.40. The van der Waals surface area contributed by atoms with Gasteiger partial charge in [0.05, 0.1) is 6.10 Å². The van der Waals surface area contributed by atoms with Gasteiger partial charge in [-0.05, 0) is 52.5 Å².